The van der Waals surface area contributed by atoms with Crippen LogP contribution in [0.1, 0.15) is 27.9 Å². The van der Waals surface area contributed by atoms with Crippen molar-refractivity contribution < 1.29 is 32.4 Å². The van der Waals surface area contributed by atoms with Gasteiger partial charge in [-0.25, -0.2) is 9.87 Å². The third-order valence-electron chi connectivity index (χ3n) is 4.34. The summed E-state index contributed by atoms with van der Waals surface area (Å²) in [6.45, 7) is 1.28. The van der Waals surface area contributed by atoms with E-state index in [0.29, 0.717) is 43.7 Å². The Bertz CT molecular complexity index is 827. The molecule has 1 heterocycles. The SMILES string of the molecule is O=C(NO)c1ccc(CNc2ccc(C(F)(F)F)cc2)cc1.O=CN1CC[C@H](F)C1. The molecule has 3 rings (SSSR count). The number of likely N-dealkylation sites (tertiary alicyclic amines) is 1. The Hall–Kier alpha value is -3.14. The van der Waals surface area contributed by atoms with Crippen molar-refractivity contribution in [1.82, 2.24) is 10.4 Å². The number of hydrogen-bond acceptors (Lipinski definition) is 4. The molecule has 0 aliphatic carbocycles. The third-order valence-corrected chi connectivity index (χ3v) is 4.34. The van der Waals surface area contributed by atoms with Crippen LogP contribution in [-0.4, -0.2) is 41.7 Å². The summed E-state index contributed by atoms with van der Waals surface area (Å²) in [4.78, 5) is 22.5. The molecule has 0 unspecified atom stereocenters. The summed E-state index contributed by atoms with van der Waals surface area (Å²) in [5.74, 6) is -0.609. The average Bonchev–Trinajstić information content (AvgIpc) is 3.17. The molecule has 1 aliphatic rings. The molecule has 10 heteroatoms. The smallest absolute Gasteiger partial charge is 0.381 e. The largest absolute Gasteiger partial charge is 0.416 e. The van der Waals surface area contributed by atoms with Crippen LogP contribution >= 0.6 is 0 Å². The second-order valence-corrected chi connectivity index (χ2v) is 6.55. The van der Waals surface area contributed by atoms with Gasteiger partial charge in [-0.3, -0.25) is 14.8 Å². The molecule has 0 spiro atoms. The van der Waals surface area contributed by atoms with Gasteiger partial charge in [0.1, 0.15) is 6.17 Å². The highest BCUT2D eigenvalue weighted by atomic mass is 19.4. The molecule has 2 aromatic carbocycles. The number of alkyl halides is 4. The number of amides is 2. The molecule has 2 amide bonds. The standard InChI is InChI=1S/C15H13F3N2O2.C5H8FNO/c16-15(17,18)12-5-7-13(8-6-12)19-9-10-1-3-11(4-2-10)14(21)20-22;6-5-1-2-7(3-5)4-8/h1-8,19,22H,9H2,(H,20,21);4-5H,1-3H2/t;5-/m.0/s1. The fourth-order valence-corrected chi connectivity index (χ4v) is 2.66. The van der Waals surface area contributed by atoms with Gasteiger partial charge >= 0.3 is 6.18 Å². The van der Waals surface area contributed by atoms with E-state index in [9.17, 15) is 27.2 Å². The van der Waals surface area contributed by atoms with Crippen LogP contribution < -0.4 is 10.8 Å². The second kappa shape index (κ2) is 10.6. The van der Waals surface area contributed by atoms with E-state index in [1.54, 1.807) is 12.1 Å². The van der Waals surface area contributed by atoms with E-state index in [-0.39, 0.29) is 0 Å². The molecule has 1 fully saturated rings. The van der Waals surface area contributed by atoms with Crippen molar-refractivity contribution in [3.05, 3.63) is 65.2 Å². The van der Waals surface area contributed by atoms with Crippen LogP contribution in [0.25, 0.3) is 0 Å². The van der Waals surface area contributed by atoms with Gasteiger partial charge in [0, 0.05) is 24.3 Å². The van der Waals surface area contributed by atoms with Crippen LogP contribution in [0.4, 0.5) is 23.2 Å². The molecule has 162 valence electrons. The first-order valence-corrected chi connectivity index (χ1v) is 9.01. The summed E-state index contributed by atoms with van der Waals surface area (Å²) in [7, 11) is 0. The van der Waals surface area contributed by atoms with E-state index in [4.69, 9.17) is 5.21 Å². The van der Waals surface area contributed by atoms with Crippen LogP contribution in [0.3, 0.4) is 0 Å². The Kier molecular flexibility index (Phi) is 8.16. The molecule has 1 saturated heterocycles. The maximum absolute atomic E-state index is 12.4. The lowest BCUT2D eigenvalue weighted by Crippen LogP contribution is -2.18. The van der Waals surface area contributed by atoms with Crippen LogP contribution in [0.5, 0.6) is 0 Å². The zero-order valence-electron chi connectivity index (χ0n) is 15.8. The zero-order valence-corrected chi connectivity index (χ0v) is 15.8. The lowest BCUT2D eigenvalue weighted by atomic mass is 10.1. The third kappa shape index (κ3) is 7.03. The van der Waals surface area contributed by atoms with Crippen molar-refractivity contribution in [1.29, 1.82) is 0 Å². The number of hydrogen-bond donors (Lipinski definition) is 3. The summed E-state index contributed by atoms with van der Waals surface area (Å²) < 4.78 is 49.5. The summed E-state index contributed by atoms with van der Waals surface area (Å²) in [6.07, 6.45) is -3.92. The number of nitrogens with zero attached hydrogens (tertiary/aromatic N) is 1. The first-order chi connectivity index (χ1) is 14.2. The van der Waals surface area contributed by atoms with Crippen LogP contribution in [0.15, 0.2) is 48.5 Å². The highest BCUT2D eigenvalue weighted by Crippen LogP contribution is 2.29. The topological polar surface area (TPSA) is 81.7 Å². The maximum atomic E-state index is 12.4. The van der Waals surface area contributed by atoms with E-state index in [1.807, 2.05) is 0 Å². The van der Waals surface area contributed by atoms with Gasteiger partial charge in [-0.2, -0.15) is 13.2 Å². The average molecular weight is 427 g/mol. The van der Waals surface area contributed by atoms with Crippen molar-refractivity contribution in [2.75, 3.05) is 18.4 Å². The highest BCUT2D eigenvalue weighted by Gasteiger charge is 2.29. The van der Waals surface area contributed by atoms with E-state index in [1.165, 1.54) is 34.6 Å². The summed E-state index contributed by atoms with van der Waals surface area (Å²) in [5.41, 5.74) is 2.54. The molecule has 0 radical (unpaired) electrons. The molecule has 2 aromatic rings. The number of anilines is 1. The van der Waals surface area contributed by atoms with Crippen molar-refractivity contribution in [2.24, 2.45) is 0 Å². The fraction of sp³-hybridized carbons (Fsp3) is 0.300. The van der Waals surface area contributed by atoms with E-state index >= 15 is 0 Å². The number of hydroxylamine groups is 1. The number of carbonyl (C=O) groups excluding carboxylic acids is 2. The minimum Gasteiger partial charge on any atom is -0.381 e. The van der Waals surface area contributed by atoms with Crippen molar-refractivity contribution in [3.63, 3.8) is 0 Å². The zero-order chi connectivity index (χ0) is 22.1. The van der Waals surface area contributed by atoms with E-state index < -0.39 is 23.8 Å². The minimum absolute atomic E-state index is 0.295. The molecule has 0 saturated carbocycles. The van der Waals surface area contributed by atoms with Gasteiger partial charge in [0.15, 0.2) is 0 Å². The van der Waals surface area contributed by atoms with Gasteiger partial charge in [-0.1, -0.05) is 12.1 Å². The van der Waals surface area contributed by atoms with Crippen molar-refractivity contribution in [3.8, 4) is 0 Å². The predicted molar refractivity (Wildman–Crippen MR) is 102 cm³/mol. The number of carbonyl (C=O) groups is 2. The van der Waals surface area contributed by atoms with Crippen LogP contribution in [0.2, 0.25) is 0 Å². The molecule has 30 heavy (non-hydrogen) atoms. The molecule has 3 N–H and O–H groups in total. The molecular weight excluding hydrogens is 406 g/mol. The molecule has 1 aliphatic heterocycles. The van der Waals surface area contributed by atoms with Gasteiger partial charge < -0.3 is 10.2 Å². The summed E-state index contributed by atoms with van der Waals surface area (Å²) >= 11 is 0. The molecule has 1 atom stereocenters. The lowest BCUT2D eigenvalue weighted by Gasteiger charge is -2.10. The summed E-state index contributed by atoms with van der Waals surface area (Å²) in [6, 6.07) is 11.2. The number of nitrogens with one attached hydrogen (secondary N) is 2. The first-order valence-electron chi connectivity index (χ1n) is 9.01. The van der Waals surface area contributed by atoms with E-state index in [0.717, 1.165) is 17.7 Å². The predicted octanol–water partition coefficient (Wildman–Crippen LogP) is 3.62. The van der Waals surface area contributed by atoms with Gasteiger partial charge in [-0.15, -0.1) is 0 Å². The Balaban J connectivity index is 0.000000335. The Morgan fingerprint density at radius 1 is 1.13 bits per heavy atom. The number of halogens is 4. The van der Waals surface area contributed by atoms with Gasteiger partial charge in [0.25, 0.3) is 5.91 Å². The van der Waals surface area contributed by atoms with Gasteiger partial charge in [-0.05, 0) is 48.4 Å². The minimum atomic E-state index is -4.35. The Labute approximate surface area is 170 Å². The molecular formula is C20H21F4N3O3. The summed E-state index contributed by atoms with van der Waals surface area (Å²) in [5, 5.41) is 11.5. The molecule has 0 aromatic heterocycles. The lowest BCUT2D eigenvalue weighted by molar-refractivity contribution is -0.137. The van der Waals surface area contributed by atoms with E-state index in [2.05, 4.69) is 5.32 Å². The van der Waals surface area contributed by atoms with Gasteiger partial charge in [0.2, 0.25) is 6.41 Å². The number of benzene rings is 2. The second-order valence-electron chi connectivity index (χ2n) is 6.55. The van der Waals surface area contributed by atoms with Crippen molar-refractivity contribution >= 4 is 18.0 Å². The van der Waals surface area contributed by atoms with Gasteiger partial charge in [0.05, 0.1) is 12.1 Å². The normalized spacial score (nSPS) is 15.8. The van der Waals surface area contributed by atoms with Crippen LogP contribution in [0, 0.1) is 0 Å². The number of rotatable bonds is 5. The quantitative estimate of drug-likeness (QED) is 0.295. The highest BCUT2D eigenvalue weighted by molar-refractivity contribution is 5.93. The Morgan fingerprint density at radius 2 is 1.77 bits per heavy atom. The van der Waals surface area contributed by atoms with Crippen LogP contribution in [-0.2, 0) is 17.5 Å². The Morgan fingerprint density at radius 3 is 2.20 bits per heavy atom. The fourth-order valence-electron chi connectivity index (χ4n) is 2.66. The molecule has 0 bridgehead atoms. The van der Waals surface area contributed by atoms with Crippen molar-refractivity contribution in [2.45, 2.75) is 25.3 Å². The molecule has 6 nitrogen and oxygen atoms in total. The first kappa shape index (κ1) is 23.1. The monoisotopic (exact) mass is 427 g/mol. The maximum Gasteiger partial charge on any atom is 0.416 e.